The van der Waals surface area contributed by atoms with Crippen molar-refractivity contribution in [3.8, 4) is 11.5 Å². The highest BCUT2D eigenvalue weighted by atomic mass is 19.1. The van der Waals surface area contributed by atoms with Crippen LogP contribution in [0.3, 0.4) is 0 Å². The molecular formula is C17H19FO3. The van der Waals surface area contributed by atoms with E-state index in [2.05, 4.69) is 0 Å². The van der Waals surface area contributed by atoms with Crippen molar-refractivity contribution in [3.63, 3.8) is 0 Å². The van der Waals surface area contributed by atoms with Crippen LogP contribution in [0.2, 0.25) is 0 Å². The third-order valence-electron chi connectivity index (χ3n) is 3.57. The molecule has 0 saturated heterocycles. The molecule has 0 aliphatic carbocycles. The number of aliphatic hydroxyl groups excluding tert-OH is 1. The zero-order chi connectivity index (χ0) is 15.6. The fourth-order valence-electron chi connectivity index (χ4n) is 2.65. The number of hydrogen-bond acceptors (Lipinski definition) is 3. The van der Waals surface area contributed by atoms with E-state index in [1.54, 1.807) is 32.0 Å². The third-order valence-corrected chi connectivity index (χ3v) is 3.57. The van der Waals surface area contributed by atoms with E-state index in [0.717, 1.165) is 0 Å². The summed E-state index contributed by atoms with van der Waals surface area (Å²) >= 11 is 0. The van der Waals surface area contributed by atoms with Crippen LogP contribution >= 0.6 is 0 Å². The number of aryl methyl sites for hydroxylation is 2. The van der Waals surface area contributed by atoms with Crippen molar-refractivity contribution in [1.29, 1.82) is 0 Å². The minimum atomic E-state index is -0.948. The van der Waals surface area contributed by atoms with E-state index >= 15 is 0 Å². The number of aliphatic hydroxyl groups is 1. The first-order valence-corrected chi connectivity index (χ1v) is 6.65. The highest BCUT2D eigenvalue weighted by molar-refractivity contribution is 5.52. The second-order valence-corrected chi connectivity index (χ2v) is 4.93. The van der Waals surface area contributed by atoms with Gasteiger partial charge in [0.05, 0.1) is 19.8 Å². The van der Waals surface area contributed by atoms with Crippen molar-refractivity contribution in [2.45, 2.75) is 20.0 Å². The molecule has 0 fully saturated rings. The van der Waals surface area contributed by atoms with E-state index in [9.17, 15) is 9.50 Å². The van der Waals surface area contributed by atoms with Crippen molar-refractivity contribution in [1.82, 2.24) is 0 Å². The van der Waals surface area contributed by atoms with Gasteiger partial charge in [0.15, 0.2) is 0 Å². The molecule has 21 heavy (non-hydrogen) atoms. The van der Waals surface area contributed by atoms with Crippen LogP contribution in [0.4, 0.5) is 4.39 Å². The van der Waals surface area contributed by atoms with Gasteiger partial charge in [-0.3, -0.25) is 0 Å². The van der Waals surface area contributed by atoms with Gasteiger partial charge in [-0.1, -0.05) is 6.07 Å². The molecule has 1 atom stereocenters. The molecule has 0 amide bonds. The Kier molecular flexibility index (Phi) is 4.48. The second-order valence-electron chi connectivity index (χ2n) is 4.93. The summed E-state index contributed by atoms with van der Waals surface area (Å²) in [6.45, 7) is 3.55. The minimum absolute atomic E-state index is 0.312. The maximum Gasteiger partial charge on any atom is 0.128 e. The van der Waals surface area contributed by atoms with Crippen molar-refractivity contribution < 1.29 is 19.0 Å². The monoisotopic (exact) mass is 290 g/mol. The lowest BCUT2D eigenvalue weighted by Gasteiger charge is -2.21. The molecule has 4 heteroatoms. The molecule has 3 nitrogen and oxygen atoms in total. The van der Waals surface area contributed by atoms with Gasteiger partial charge in [0, 0.05) is 0 Å². The Bertz CT molecular complexity index is 607. The lowest BCUT2D eigenvalue weighted by atomic mass is 9.92. The average molecular weight is 290 g/mol. The highest BCUT2D eigenvalue weighted by Gasteiger charge is 2.23. The van der Waals surface area contributed by atoms with E-state index in [-0.39, 0.29) is 5.82 Å². The lowest BCUT2D eigenvalue weighted by molar-refractivity contribution is 0.207. The number of hydrogen-bond donors (Lipinski definition) is 1. The topological polar surface area (TPSA) is 38.7 Å². The molecule has 0 radical (unpaired) electrons. The van der Waals surface area contributed by atoms with Crippen LogP contribution in [-0.4, -0.2) is 19.3 Å². The van der Waals surface area contributed by atoms with Gasteiger partial charge in [-0.2, -0.15) is 0 Å². The molecular weight excluding hydrogens is 271 g/mol. The average Bonchev–Trinajstić information content (AvgIpc) is 2.44. The van der Waals surface area contributed by atoms with Crippen LogP contribution in [0.15, 0.2) is 30.3 Å². The Morgan fingerprint density at radius 1 is 0.952 bits per heavy atom. The minimum Gasteiger partial charge on any atom is -0.496 e. The largest absolute Gasteiger partial charge is 0.496 e. The van der Waals surface area contributed by atoms with Crippen LogP contribution in [0.5, 0.6) is 11.5 Å². The Labute approximate surface area is 124 Å². The molecule has 0 saturated carbocycles. The molecule has 2 aromatic rings. The Hall–Kier alpha value is -2.07. The van der Waals surface area contributed by atoms with Crippen LogP contribution in [0.1, 0.15) is 28.4 Å². The maximum atomic E-state index is 13.4. The molecule has 0 aliphatic rings. The number of benzene rings is 2. The standard InChI is InChI=1S/C17H19FO3/c1-10-8-12(18)9-11(2)15(10)17(19)16-13(20-3)6-5-7-14(16)21-4/h5-9,17,19H,1-4H3. The van der Waals surface area contributed by atoms with Crippen molar-refractivity contribution >= 4 is 0 Å². The predicted octanol–water partition coefficient (Wildman–Crippen LogP) is 3.54. The van der Waals surface area contributed by atoms with Gasteiger partial charge in [-0.25, -0.2) is 4.39 Å². The Morgan fingerprint density at radius 2 is 1.43 bits per heavy atom. The smallest absolute Gasteiger partial charge is 0.128 e. The summed E-state index contributed by atoms with van der Waals surface area (Å²) in [5, 5.41) is 10.8. The first-order chi connectivity index (χ1) is 9.99. The van der Waals surface area contributed by atoms with Crippen LogP contribution in [0, 0.1) is 19.7 Å². The molecule has 0 heterocycles. The van der Waals surface area contributed by atoms with E-state index < -0.39 is 6.10 Å². The van der Waals surface area contributed by atoms with E-state index in [1.807, 2.05) is 0 Å². The molecule has 112 valence electrons. The van der Waals surface area contributed by atoms with E-state index in [0.29, 0.717) is 33.8 Å². The number of methoxy groups -OCH3 is 2. The van der Waals surface area contributed by atoms with Crippen LogP contribution in [0.25, 0.3) is 0 Å². The maximum absolute atomic E-state index is 13.4. The molecule has 1 N–H and O–H groups in total. The van der Waals surface area contributed by atoms with E-state index in [4.69, 9.17) is 9.47 Å². The van der Waals surface area contributed by atoms with Crippen molar-refractivity contribution in [2.75, 3.05) is 14.2 Å². The first-order valence-electron chi connectivity index (χ1n) is 6.65. The SMILES string of the molecule is COc1cccc(OC)c1C(O)c1c(C)cc(F)cc1C. The summed E-state index contributed by atoms with van der Waals surface area (Å²) in [5.74, 6) is 0.753. The first kappa shape index (κ1) is 15.3. The summed E-state index contributed by atoms with van der Waals surface area (Å²) in [6.07, 6.45) is -0.948. The fourth-order valence-corrected chi connectivity index (χ4v) is 2.65. The summed E-state index contributed by atoms with van der Waals surface area (Å²) in [6, 6.07) is 8.13. The van der Waals surface area contributed by atoms with Gasteiger partial charge in [-0.15, -0.1) is 0 Å². The lowest BCUT2D eigenvalue weighted by Crippen LogP contribution is -2.08. The quantitative estimate of drug-likeness (QED) is 0.936. The van der Waals surface area contributed by atoms with Gasteiger partial charge in [0.1, 0.15) is 23.4 Å². The summed E-state index contributed by atoms with van der Waals surface area (Å²) < 4.78 is 24.1. The Morgan fingerprint density at radius 3 is 1.86 bits per heavy atom. The third kappa shape index (κ3) is 2.85. The van der Waals surface area contributed by atoms with Crippen molar-refractivity contribution in [3.05, 3.63) is 58.4 Å². The fraction of sp³-hybridized carbons (Fsp3) is 0.294. The number of halogens is 1. The molecule has 2 rings (SSSR count). The zero-order valence-electron chi connectivity index (χ0n) is 12.6. The number of ether oxygens (including phenoxy) is 2. The molecule has 2 aromatic carbocycles. The van der Waals surface area contributed by atoms with Gasteiger partial charge < -0.3 is 14.6 Å². The molecule has 1 unspecified atom stereocenters. The second kappa shape index (κ2) is 6.14. The highest BCUT2D eigenvalue weighted by Crippen LogP contribution is 2.39. The molecule has 0 bridgehead atoms. The summed E-state index contributed by atoms with van der Waals surface area (Å²) in [4.78, 5) is 0. The molecule has 0 aliphatic heterocycles. The summed E-state index contributed by atoms with van der Waals surface area (Å²) in [7, 11) is 3.07. The normalized spacial score (nSPS) is 12.1. The Balaban J connectivity index is 2.62. The number of rotatable bonds is 4. The predicted molar refractivity (Wildman–Crippen MR) is 79.5 cm³/mol. The van der Waals surface area contributed by atoms with Gasteiger partial charge >= 0.3 is 0 Å². The molecule has 0 aromatic heterocycles. The van der Waals surface area contributed by atoms with Gasteiger partial charge in [0.25, 0.3) is 0 Å². The van der Waals surface area contributed by atoms with Gasteiger partial charge in [-0.05, 0) is 54.8 Å². The zero-order valence-corrected chi connectivity index (χ0v) is 12.6. The molecule has 0 spiro atoms. The van der Waals surface area contributed by atoms with Crippen LogP contribution in [-0.2, 0) is 0 Å². The van der Waals surface area contributed by atoms with Crippen LogP contribution < -0.4 is 9.47 Å². The van der Waals surface area contributed by atoms with E-state index in [1.165, 1.54) is 26.4 Å². The van der Waals surface area contributed by atoms with Gasteiger partial charge in [0.2, 0.25) is 0 Å². The summed E-state index contributed by atoms with van der Waals surface area (Å²) in [5.41, 5.74) is 2.58. The van der Waals surface area contributed by atoms with Crippen molar-refractivity contribution in [2.24, 2.45) is 0 Å².